The number of ether oxygens (including phenoxy) is 2. The Hall–Kier alpha value is -2.15. The van der Waals surface area contributed by atoms with Crippen molar-refractivity contribution < 1.29 is 14.3 Å². The van der Waals surface area contributed by atoms with E-state index in [0.717, 1.165) is 0 Å². The normalized spacial score (nSPS) is 18.5. The highest BCUT2D eigenvalue weighted by molar-refractivity contribution is 5.91. The van der Waals surface area contributed by atoms with E-state index in [1.807, 2.05) is 0 Å². The Labute approximate surface area is 116 Å². The first-order valence-electron chi connectivity index (χ1n) is 6.44. The third-order valence-electron chi connectivity index (χ3n) is 2.85. The molecule has 2 heterocycles. The Balaban J connectivity index is 2.12. The van der Waals surface area contributed by atoms with Crippen molar-refractivity contribution in [3.63, 3.8) is 0 Å². The molecule has 0 radical (unpaired) electrons. The van der Waals surface area contributed by atoms with Gasteiger partial charge in [0.05, 0.1) is 17.9 Å². The number of esters is 1. The van der Waals surface area contributed by atoms with Crippen LogP contribution in [0.2, 0.25) is 0 Å². The molecule has 20 heavy (non-hydrogen) atoms. The van der Waals surface area contributed by atoms with Gasteiger partial charge in [0.2, 0.25) is 0 Å². The van der Waals surface area contributed by atoms with Crippen molar-refractivity contribution >= 4 is 5.97 Å². The van der Waals surface area contributed by atoms with E-state index in [4.69, 9.17) is 9.47 Å². The number of carbonyl (C=O) groups is 1. The number of hydrogen-bond acceptors (Lipinski definition) is 7. The molecule has 0 aromatic carbocycles. The van der Waals surface area contributed by atoms with Gasteiger partial charge in [-0.15, -0.1) is 0 Å². The molecular formula is C13H17N3O4. The van der Waals surface area contributed by atoms with E-state index in [1.54, 1.807) is 37.2 Å². The third-order valence-corrected chi connectivity index (χ3v) is 2.85. The topological polar surface area (TPSA) is 80.2 Å². The Morgan fingerprint density at radius 1 is 1.60 bits per heavy atom. The number of hydrogen-bond donors (Lipinski definition) is 1. The molecule has 108 valence electrons. The van der Waals surface area contributed by atoms with Gasteiger partial charge in [-0.3, -0.25) is 5.01 Å². The van der Waals surface area contributed by atoms with Crippen molar-refractivity contribution in [2.45, 2.75) is 19.9 Å². The molecule has 2 rings (SSSR count). The first-order chi connectivity index (χ1) is 9.65. The zero-order valence-corrected chi connectivity index (χ0v) is 11.5. The Bertz CT molecular complexity index is 496. The second kappa shape index (κ2) is 6.33. The molecule has 7 heteroatoms. The molecule has 0 bridgehead atoms. The zero-order chi connectivity index (χ0) is 14.5. The van der Waals surface area contributed by atoms with Gasteiger partial charge in [0.15, 0.2) is 0 Å². The number of nitrogens with zero attached hydrogens (tertiary/aromatic N) is 2. The molecular weight excluding hydrogens is 262 g/mol. The highest BCUT2D eigenvalue weighted by atomic mass is 16.5. The average molecular weight is 279 g/mol. The monoisotopic (exact) mass is 279 g/mol. The van der Waals surface area contributed by atoms with Gasteiger partial charge in [-0.2, -0.15) is 4.91 Å². The van der Waals surface area contributed by atoms with Crippen LogP contribution in [0.25, 0.3) is 0 Å². The minimum Gasteiger partial charge on any atom is -0.491 e. The largest absolute Gasteiger partial charge is 0.491 e. The summed E-state index contributed by atoms with van der Waals surface area (Å²) in [4.78, 5) is 22.1. The molecule has 0 saturated heterocycles. The number of rotatable bonds is 6. The lowest BCUT2D eigenvalue weighted by atomic mass is 10.2. The van der Waals surface area contributed by atoms with Gasteiger partial charge in [-0.25, -0.2) is 10.2 Å². The SMILES string of the molecule is CCOC(=O)C1=C2C=C(OCC(C)N=O)C=CN2NC1. The highest BCUT2D eigenvalue weighted by Gasteiger charge is 2.27. The van der Waals surface area contributed by atoms with E-state index in [-0.39, 0.29) is 12.6 Å². The summed E-state index contributed by atoms with van der Waals surface area (Å²) in [5.41, 5.74) is 4.30. The lowest BCUT2D eigenvalue weighted by molar-refractivity contribution is -0.138. The van der Waals surface area contributed by atoms with Crippen LogP contribution in [-0.2, 0) is 14.3 Å². The molecule has 2 aliphatic rings. The first-order valence-corrected chi connectivity index (χ1v) is 6.44. The second-order valence-electron chi connectivity index (χ2n) is 4.42. The maximum absolute atomic E-state index is 11.8. The molecule has 1 N–H and O–H groups in total. The van der Waals surface area contributed by atoms with Crippen LogP contribution in [0.3, 0.4) is 0 Å². The summed E-state index contributed by atoms with van der Waals surface area (Å²) >= 11 is 0. The van der Waals surface area contributed by atoms with Crippen LogP contribution in [-0.4, -0.2) is 36.8 Å². The van der Waals surface area contributed by atoms with Crippen LogP contribution in [0.5, 0.6) is 0 Å². The number of nitroso groups, excluding NO2 is 1. The predicted octanol–water partition coefficient (Wildman–Crippen LogP) is 1.21. The first kappa shape index (κ1) is 14.3. The van der Waals surface area contributed by atoms with Crippen LogP contribution in [0, 0.1) is 4.91 Å². The lowest BCUT2D eigenvalue weighted by Gasteiger charge is -2.20. The number of hydrazine groups is 1. The summed E-state index contributed by atoms with van der Waals surface area (Å²) in [6.45, 7) is 4.39. The number of fused-ring (bicyclic) bond motifs is 1. The summed E-state index contributed by atoms with van der Waals surface area (Å²) in [7, 11) is 0. The molecule has 0 spiro atoms. The molecule has 0 aromatic rings. The van der Waals surface area contributed by atoms with E-state index in [9.17, 15) is 9.70 Å². The number of nitrogens with one attached hydrogen (secondary N) is 1. The van der Waals surface area contributed by atoms with Crippen LogP contribution in [0.4, 0.5) is 0 Å². The Kier molecular flexibility index (Phi) is 4.52. The highest BCUT2D eigenvalue weighted by Crippen LogP contribution is 2.24. The summed E-state index contributed by atoms with van der Waals surface area (Å²) < 4.78 is 10.5. The second-order valence-corrected chi connectivity index (χ2v) is 4.42. The van der Waals surface area contributed by atoms with Gasteiger partial charge in [0.25, 0.3) is 0 Å². The zero-order valence-electron chi connectivity index (χ0n) is 11.5. The fourth-order valence-corrected chi connectivity index (χ4v) is 1.84. The summed E-state index contributed by atoms with van der Waals surface area (Å²) in [6, 6.07) is -0.414. The van der Waals surface area contributed by atoms with E-state index in [2.05, 4.69) is 10.6 Å². The van der Waals surface area contributed by atoms with E-state index in [1.165, 1.54) is 0 Å². The van der Waals surface area contributed by atoms with Crippen molar-refractivity contribution in [2.75, 3.05) is 19.8 Å². The maximum Gasteiger partial charge on any atom is 0.337 e. The summed E-state index contributed by atoms with van der Waals surface area (Å²) in [5.74, 6) is 0.239. The summed E-state index contributed by atoms with van der Waals surface area (Å²) in [5, 5.41) is 4.61. The van der Waals surface area contributed by atoms with Crippen molar-refractivity contribution in [1.29, 1.82) is 0 Å². The molecule has 0 saturated carbocycles. The standard InChI is InChI=1S/C13H17N3O4/c1-3-19-13(17)11-7-14-16-5-4-10(6-12(11)16)20-8-9(2)15-18/h4-6,9,14H,3,7-8H2,1-2H3. The fourth-order valence-electron chi connectivity index (χ4n) is 1.84. The lowest BCUT2D eigenvalue weighted by Crippen LogP contribution is -2.27. The van der Waals surface area contributed by atoms with Crippen LogP contribution in [0.15, 0.2) is 40.6 Å². The van der Waals surface area contributed by atoms with E-state index < -0.39 is 6.04 Å². The Morgan fingerprint density at radius 3 is 3.10 bits per heavy atom. The molecule has 0 amide bonds. The molecule has 0 aromatic heterocycles. The van der Waals surface area contributed by atoms with Crippen LogP contribution in [0.1, 0.15) is 13.8 Å². The van der Waals surface area contributed by atoms with Gasteiger partial charge >= 0.3 is 5.97 Å². The van der Waals surface area contributed by atoms with Gasteiger partial charge in [0.1, 0.15) is 18.4 Å². The molecule has 1 atom stereocenters. The maximum atomic E-state index is 11.8. The average Bonchev–Trinajstić information content (AvgIpc) is 2.88. The van der Waals surface area contributed by atoms with E-state index >= 15 is 0 Å². The molecule has 0 aliphatic carbocycles. The fraction of sp³-hybridized carbons (Fsp3) is 0.462. The number of allylic oxidation sites excluding steroid dienone is 2. The molecule has 2 aliphatic heterocycles. The minimum atomic E-state index is -0.414. The predicted molar refractivity (Wildman–Crippen MR) is 71.9 cm³/mol. The van der Waals surface area contributed by atoms with E-state index in [0.29, 0.717) is 30.2 Å². The van der Waals surface area contributed by atoms with Gasteiger partial charge in [-0.1, -0.05) is 5.18 Å². The number of carbonyl (C=O) groups excluding carboxylic acids is 1. The third kappa shape index (κ3) is 3.05. The smallest absolute Gasteiger partial charge is 0.337 e. The van der Waals surface area contributed by atoms with Crippen LogP contribution < -0.4 is 5.43 Å². The quantitative estimate of drug-likeness (QED) is 0.581. The van der Waals surface area contributed by atoms with Crippen molar-refractivity contribution in [1.82, 2.24) is 10.4 Å². The molecule has 7 nitrogen and oxygen atoms in total. The Morgan fingerprint density at radius 2 is 2.40 bits per heavy atom. The van der Waals surface area contributed by atoms with Crippen molar-refractivity contribution in [2.24, 2.45) is 5.18 Å². The minimum absolute atomic E-state index is 0.203. The van der Waals surface area contributed by atoms with Crippen molar-refractivity contribution in [3.05, 3.63) is 40.3 Å². The van der Waals surface area contributed by atoms with Gasteiger partial charge < -0.3 is 9.47 Å². The molecule has 0 fully saturated rings. The van der Waals surface area contributed by atoms with Crippen molar-refractivity contribution in [3.8, 4) is 0 Å². The van der Waals surface area contributed by atoms with Gasteiger partial charge in [0, 0.05) is 18.8 Å². The molecule has 1 unspecified atom stereocenters. The van der Waals surface area contributed by atoms with Crippen LogP contribution >= 0.6 is 0 Å². The van der Waals surface area contributed by atoms with Gasteiger partial charge in [-0.05, 0) is 19.9 Å². The summed E-state index contributed by atoms with van der Waals surface area (Å²) in [6.07, 6.45) is 5.25.